The molecule has 106 valence electrons. The minimum atomic E-state index is -0.936. The molecular formula is C13H18F2N2O2. The number of rotatable bonds is 6. The second-order valence-corrected chi connectivity index (χ2v) is 4.90. The highest BCUT2D eigenvalue weighted by Gasteiger charge is 2.22. The van der Waals surface area contributed by atoms with Crippen LogP contribution in [0, 0.1) is 17.0 Å². The van der Waals surface area contributed by atoms with Crippen LogP contribution in [-0.2, 0) is 0 Å². The fourth-order valence-electron chi connectivity index (χ4n) is 1.53. The zero-order valence-electron chi connectivity index (χ0n) is 11.0. The summed E-state index contributed by atoms with van der Waals surface area (Å²) in [5.41, 5.74) is 5.11. The van der Waals surface area contributed by atoms with Gasteiger partial charge in [-0.3, -0.25) is 0 Å². The molecule has 1 rings (SSSR count). The highest BCUT2D eigenvalue weighted by molar-refractivity contribution is 5.85. The van der Waals surface area contributed by atoms with Crippen LogP contribution in [0.1, 0.15) is 26.7 Å². The average molecular weight is 272 g/mol. The fraction of sp³-hybridized carbons (Fsp3) is 0.462. The quantitative estimate of drug-likeness (QED) is 0.275. The number of oxime groups is 1. The first-order chi connectivity index (χ1) is 8.86. The van der Waals surface area contributed by atoms with Gasteiger partial charge in [-0.2, -0.15) is 0 Å². The first-order valence-corrected chi connectivity index (χ1v) is 5.92. The number of benzene rings is 1. The smallest absolute Gasteiger partial charge is 0.162 e. The number of nitrogens with zero attached hydrogens (tertiary/aromatic N) is 1. The van der Waals surface area contributed by atoms with Crippen molar-refractivity contribution in [2.75, 3.05) is 6.61 Å². The van der Waals surface area contributed by atoms with E-state index in [4.69, 9.17) is 15.7 Å². The van der Waals surface area contributed by atoms with E-state index < -0.39 is 17.0 Å². The first kappa shape index (κ1) is 15.2. The van der Waals surface area contributed by atoms with Gasteiger partial charge >= 0.3 is 0 Å². The van der Waals surface area contributed by atoms with Gasteiger partial charge in [-0.05, 0) is 25.0 Å². The van der Waals surface area contributed by atoms with Crippen molar-refractivity contribution < 1.29 is 18.7 Å². The Balaban J connectivity index is 2.41. The predicted octanol–water partition coefficient (Wildman–Crippen LogP) is 2.90. The Morgan fingerprint density at radius 1 is 1.37 bits per heavy atom. The summed E-state index contributed by atoms with van der Waals surface area (Å²) in [6.07, 6.45) is 1.29. The van der Waals surface area contributed by atoms with Gasteiger partial charge in [-0.15, -0.1) is 0 Å². The lowest BCUT2D eigenvalue weighted by atomic mass is 9.87. The van der Waals surface area contributed by atoms with Gasteiger partial charge in [0, 0.05) is 11.5 Å². The summed E-state index contributed by atoms with van der Waals surface area (Å²) in [5.74, 6) is -1.41. The molecule has 0 unspecified atom stereocenters. The van der Waals surface area contributed by atoms with Crippen molar-refractivity contribution in [3.63, 3.8) is 0 Å². The van der Waals surface area contributed by atoms with Crippen LogP contribution in [0.2, 0.25) is 0 Å². The van der Waals surface area contributed by atoms with Crippen molar-refractivity contribution in [1.82, 2.24) is 0 Å². The SMILES string of the molecule is CC(C)(CCCOc1ccc(F)c(F)c1)C(N)=NO. The normalized spacial score (nSPS) is 12.5. The second-order valence-electron chi connectivity index (χ2n) is 4.90. The molecule has 0 amide bonds. The van der Waals surface area contributed by atoms with Crippen molar-refractivity contribution in [2.45, 2.75) is 26.7 Å². The number of halogens is 2. The second kappa shape index (κ2) is 6.36. The van der Waals surface area contributed by atoms with E-state index in [9.17, 15) is 8.78 Å². The maximum absolute atomic E-state index is 12.9. The molecule has 0 aliphatic heterocycles. The molecule has 0 heterocycles. The van der Waals surface area contributed by atoms with Gasteiger partial charge in [0.05, 0.1) is 6.61 Å². The Kier molecular flexibility index (Phi) is 5.09. The largest absolute Gasteiger partial charge is 0.493 e. The monoisotopic (exact) mass is 272 g/mol. The lowest BCUT2D eigenvalue weighted by Gasteiger charge is -2.22. The van der Waals surface area contributed by atoms with E-state index in [1.54, 1.807) is 0 Å². The standard InChI is InChI=1S/C13H18F2N2O2/c1-13(2,12(16)17-18)6-3-7-19-9-4-5-10(14)11(15)8-9/h4-5,8,18H,3,6-7H2,1-2H3,(H2,16,17). The summed E-state index contributed by atoms with van der Waals surface area (Å²) in [7, 11) is 0. The number of amidine groups is 1. The van der Waals surface area contributed by atoms with Gasteiger partial charge in [0.15, 0.2) is 11.6 Å². The van der Waals surface area contributed by atoms with Crippen LogP contribution < -0.4 is 10.5 Å². The minimum Gasteiger partial charge on any atom is -0.493 e. The van der Waals surface area contributed by atoms with Gasteiger partial charge in [-0.1, -0.05) is 19.0 Å². The third-order valence-electron chi connectivity index (χ3n) is 2.91. The summed E-state index contributed by atoms with van der Waals surface area (Å²) in [5, 5.41) is 11.6. The molecule has 0 saturated heterocycles. The Morgan fingerprint density at radius 2 is 2.05 bits per heavy atom. The zero-order chi connectivity index (χ0) is 14.5. The molecule has 0 fully saturated rings. The van der Waals surface area contributed by atoms with Crippen molar-refractivity contribution >= 4 is 5.84 Å². The van der Waals surface area contributed by atoms with Crippen molar-refractivity contribution in [3.8, 4) is 5.75 Å². The molecule has 0 aliphatic carbocycles. The lowest BCUT2D eigenvalue weighted by Crippen LogP contribution is -2.32. The summed E-state index contributed by atoms with van der Waals surface area (Å²) in [6, 6.07) is 3.39. The molecule has 19 heavy (non-hydrogen) atoms. The molecule has 6 heteroatoms. The van der Waals surface area contributed by atoms with E-state index in [1.807, 2.05) is 13.8 Å². The van der Waals surface area contributed by atoms with E-state index >= 15 is 0 Å². The molecule has 0 atom stereocenters. The van der Waals surface area contributed by atoms with Crippen LogP contribution in [0.5, 0.6) is 5.75 Å². The molecule has 1 aromatic rings. The van der Waals surface area contributed by atoms with Crippen LogP contribution in [0.15, 0.2) is 23.4 Å². The third-order valence-corrected chi connectivity index (χ3v) is 2.91. The molecule has 0 saturated carbocycles. The van der Waals surface area contributed by atoms with Gasteiger partial charge in [0.25, 0.3) is 0 Å². The van der Waals surface area contributed by atoms with E-state index in [1.165, 1.54) is 6.07 Å². The highest BCUT2D eigenvalue weighted by Crippen LogP contribution is 2.23. The number of nitrogens with two attached hydrogens (primary N) is 1. The molecule has 0 aliphatic rings. The van der Waals surface area contributed by atoms with Crippen LogP contribution in [0.25, 0.3) is 0 Å². The first-order valence-electron chi connectivity index (χ1n) is 5.92. The van der Waals surface area contributed by atoms with E-state index in [0.717, 1.165) is 12.1 Å². The molecule has 0 radical (unpaired) electrons. The molecule has 4 nitrogen and oxygen atoms in total. The topological polar surface area (TPSA) is 67.8 Å². The van der Waals surface area contributed by atoms with E-state index in [-0.39, 0.29) is 11.6 Å². The van der Waals surface area contributed by atoms with E-state index in [2.05, 4.69) is 5.16 Å². The van der Waals surface area contributed by atoms with Crippen LogP contribution >= 0.6 is 0 Å². The number of ether oxygens (including phenoxy) is 1. The summed E-state index contributed by atoms with van der Waals surface area (Å²) >= 11 is 0. The number of hydrogen-bond acceptors (Lipinski definition) is 3. The summed E-state index contributed by atoms with van der Waals surface area (Å²) < 4.78 is 30.9. The molecule has 0 bridgehead atoms. The Hall–Kier alpha value is -1.85. The van der Waals surface area contributed by atoms with Crippen molar-refractivity contribution in [3.05, 3.63) is 29.8 Å². The third kappa shape index (κ3) is 4.39. The Labute approximate surface area is 110 Å². The minimum absolute atomic E-state index is 0.153. The summed E-state index contributed by atoms with van der Waals surface area (Å²) in [6.45, 7) is 4.03. The molecule has 1 aromatic carbocycles. The van der Waals surface area contributed by atoms with Gasteiger partial charge in [0.2, 0.25) is 0 Å². The van der Waals surface area contributed by atoms with Gasteiger partial charge in [-0.25, -0.2) is 8.78 Å². The van der Waals surface area contributed by atoms with Gasteiger partial charge < -0.3 is 15.7 Å². The van der Waals surface area contributed by atoms with Crippen LogP contribution in [0.4, 0.5) is 8.78 Å². The van der Waals surface area contributed by atoms with Crippen LogP contribution in [0.3, 0.4) is 0 Å². The van der Waals surface area contributed by atoms with Gasteiger partial charge in [0.1, 0.15) is 11.6 Å². The Bertz CT molecular complexity index is 462. The average Bonchev–Trinajstić information content (AvgIpc) is 2.37. The highest BCUT2D eigenvalue weighted by atomic mass is 19.2. The molecule has 0 spiro atoms. The summed E-state index contributed by atoms with van der Waals surface area (Å²) in [4.78, 5) is 0. The predicted molar refractivity (Wildman–Crippen MR) is 68.3 cm³/mol. The van der Waals surface area contributed by atoms with Crippen LogP contribution in [-0.4, -0.2) is 17.6 Å². The van der Waals surface area contributed by atoms with Crippen molar-refractivity contribution in [2.24, 2.45) is 16.3 Å². The molecule has 0 aromatic heterocycles. The Morgan fingerprint density at radius 3 is 2.63 bits per heavy atom. The van der Waals surface area contributed by atoms with Crippen molar-refractivity contribution in [1.29, 1.82) is 0 Å². The maximum Gasteiger partial charge on any atom is 0.162 e. The van der Waals surface area contributed by atoms with E-state index in [0.29, 0.717) is 19.4 Å². The maximum atomic E-state index is 12.9. The zero-order valence-corrected chi connectivity index (χ0v) is 11.0. The number of hydrogen-bond donors (Lipinski definition) is 2. The fourth-order valence-corrected chi connectivity index (χ4v) is 1.53. The molecule has 3 N–H and O–H groups in total. The lowest BCUT2D eigenvalue weighted by molar-refractivity contribution is 0.276. The molecular weight excluding hydrogens is 254 g/mol.